The van der Waals surface area contributed by atoms with E-state index in [0.29, 0.717) is 0 Å². The van der Waals surface area contributed by atoms with Crippen LogP contribution >= 0.6 is 0 Å². The molecule has 2 nitrogen and oxygen atoms in total. The van der Waals surface area contributed by atoms with Crippen molar-refractivity contribution < 1.29 is 9.50 Å². The smallest absolute Gasteiger partial charge is 0.123 e. The third-order valence-electron chi connectivity index (χ3n) is 8.18. The van der Waals surface area contributed by atoms with E-state index in [9.17, 15) is 9.50 Å². The lowest BCUT2D eigenvalue weighted by Crippen LogP contribution is -2.46. The van der Waals surface area contributed by atoms with Gasteiger partial charge in [-0.1, -0.05) is 103 Å². The van der Waals surface area contributed by atoms with Crippen molar-refractivity contribution in [1.82, 2.24) is 4.90 Å². The van der Waals surface area contributed by atoms with Gasteiger partial charge in [-0.15, -0.1) is 0 Å². The van der Waals surface area contributed by atoms with Crippen LogP contribution in [0.4, 0.5) is 4.39 Å². The first-order chi connectivity index (χ1) is 17.7. The Hall–Kier alpha value is -3.27. The maximum atomic E-state index is 13.5. The molecule has 0 aliphatic carbocycles. The molecule has 1 aliphatic rings. The first-order valence-corrected chi connectivity index (χ1v) is 12.9. The molecule has 1 N–H and O–H groups in total. The quantitative estimate of drug-likeness (QED) is 0.289. The molecule has 0 amide bonds. The van der Waals surface area contributed by atoms with Gasteiger partial charge in [0.2, 0.25) is 0 Å². The minimum atomic E-state index is -0.292. The van der Waals surface area contributed by atoms with Crippen molar-refractivity contribution in [2.75, 3.05) is 26.2 Å². The molecule has 1 fully saturated rings. The van der Waals surface area contributed by atoms with Crippen LogP contribution in [0.25, 0.3) is 0 Å². The van der Waals surface area contributed by atoms with Crippen LogP contribution in [0.15, 0.2) is 115 Å². The van der Waals surface area contributed by atoms with E-state index in [1.165, 1.54) is 28.8 Å². The molecule has 1 aliphatic heterocycles. The lowest BCUT2D eigenvalue weighted by molar-refractivity contribution is 0.0983. The fourth-order valence-electron chi connectivity index (χ4n) is 5.97. The highest BCUT2D eigenvalue weighted by atomic mass is 19.1. The maximum absolute atomic E-state index is 13.5. The predicted molar refractivity (Wildman–Crippen MR) is 145 cm³/mol. The van der Waals surface area contributed by atoms with Crippen LogP contribution in [0.1, 0.15) is 41.5 Å². The van der Waals surface area contributed by atoms with Gasteiger partial charge in [0.05, 0.1) is 6.61 Å². The van der Waals surface area contributed by atoms with Crippen molar-refractivity contribution in [1.29, 1.82) is 0 Å². The van der Waals surface area contributed by atoms with Crippen molar-refractivity contribution in [3.05, 3.63) is 143 Å². The fourth-order valence-corrected chi connectivity index (χ4v) is 5.97. The highest BCUT2D eigenvalue weighted by molar-refractivity contribution is 5.50. The highest BCUT2D eigenvalue weighted by Gasteiger charge is 2.39. The molecule has 1 saturated heterocycles. The summed E-state index contributed by atoms with van der Waals surface area (Å²) in [6.45, 7) is 2.86. The summed E-state index contributed by atoms with van der Waals surface area (Å²) >= 11 is 0. The lowest BCUT2D eigenvalue weighted by Gasteiger charge is -2.43. The standard InChI is InChI=1S/C33H34FNO/c34-31-18-16-27(17-19-31)32(26-36)20-23-35(24-21-32)25-22-33(28-10-4-1-5-11-28,29-12-6-2-7-13-29)30-14-8-3-9-15-30/h1-19,36H,20-26H2. The summed E-state index contributed by atoms with van der Waals surface area (Å²) < 4.78 is 13.5. The molecule has 0 saturated carbocycles. The second-order valence-electron chi connectivity index (χ2n) is 10.0. The second kappa shape index (κ2) is 10.8. The Bertz CT molecular complexity index is 1120. The molecule has 3 heteroatoms. The highest BCUT2D eigenvalue weighted by Crippen LogP contribution is 2.43. The summed E-state index contributed by atoms with van der Waals surface area (Å²) in [7, 11) is 0. The van der Waals surface area contributed by atoms with Gasteiger partial charge in [-0.25, -0.2) is 4.39 Å². The van der Waals surface area contributed by atoms with Gasteiger partial charge in [-0.05, 0) is 73.3 Å². The summed E-state index contributed by atoms with van der Waals surface area (Å²) in [5.41, 5.74) is 4.39. The van der Waals surface area contributed by atoms with Crippen LogP contribution in [-0.2, 0) is 10.8 Å². The van der Waals surface area contributed by atoms with Gasteiger partial charge >= 0.3 is 0 Å². The summed E-state index contributed by atoms with van der Waals surface area (Å²) in [6, 6.07) is 39.3. The normalized spacial score (nSPS) is 16.1. The van der Waals surface area contributed by atoms with Crippen LogP contribution in [0.2, 0.25) is 0 Å². The van der Waals surface area contributed by atoms with E-state index in [-0.39, 0.29) is 23.3 Å². The third kappa shape index (κ3) is 4.74. The number of aliphatic hydroxyl groups excluding tert-OH is 1. The van der Waals surface area contributed by atoms with Gasteiger partial charge in [-0.3, -0.25) is 0 Å². The summed E-state index contributed by atoms with van der Waals surface area (Å²) in [5.74, 6) is -0.233. The number of hydrogen-bond acceptors (Lipinski definition) is 2. The lowest BCUT2D eigenvalue weighted by atomic mass is 9.67. The molecule has 0 radical (unpaired) electrons. The van der Waals surface area contributed by atoms with Crippen LogP contribution in [0.5, 0.6) is 0 Å². The van der Waals surface area contributed by atoms with Gasteiger partial charge in [-0.2, -0.15) is 0 Å². The number of piperidine rings is 1. The van der Waals surface area contributed by atoms with E-state index in [1.807, 2.05) is 12.1 Å². The van der Waals surface area contributed by atoms with E-state index in [2.05, 4.69) is 95.9 Å². The van der Waals surface area contributed by atoms with Gasteiger partial charge in [0.25, 0.3) is 0 Å². The summed E-state index contributed by atoms with van der Waals surface area (Å²) in [5, 5.41) is 10.3. The molecule has 1 heterocycles. The largest absolute Gasteiger partial charge is 0.395 e. The van der Waals surface area contributed by atoms with Crippen LogP contribution in [0, 0.1) is 5.82 Å². The Labute approximate surface area is 214 Å². The zero-order valence-corrected chi connectivity index (χ0v) is 20.7. The Kier molecular flexibility index (Phi) is 7.31. The molecule has 0 bridgehead atoms. The third-order valence-corrected chi connectivity index (χ3v) is 8.18. The number of rotatable bonds is 8. The Morgan fingerprint density at radius 2 is 1.11 bits per heavy atom. The number of nitrogens with zero attached hydrogens (tertiary/aromatic N) is 1. The van der Waals surface area contributed by atoms with Crippen molar-refractivity contribution >= 4 is 0 Å². The molecule has 0 spiro atoms. The Morgan fingerprint density at radius 3 is 1.53 bits per heavy atom. The molecule has 184 valence electrons. The molecular formula is C33H34FNO. The molecule has 4 aromatic carbocycles. The van der Waals surface area contributed by atoms with E-state index in [0.717, 1.165) is 44.5 Å². The number of halogens is 1. The molecule has 0 aromatic heterocycles. The van der Waals surface area contributed by atoms with Gasteiger partial charge < -0.3 is 10.0 Å². The number of likely N-dealkylation sites (tertiary alicyclic amines) is 1. The topological polar surface area (TPSA) is 23.5 Å². The van der Waals surface area contributed by atoms with E-state index in [4.69, 9.17) is 0 Å². The second-order valence-corrected chi connectivity index (χ2v) is 10.0. The van der Waals surface area contributed by atoms with Crippen molar-refractivity contribution in [3.8, 4) is 0 Å². The van der Waals surface area contributed by atoms with E-state index < -0.39 is 0 Å². The first-order valence-electron chi connectivity index (χ1n) is 12.9. The van der Waals surface area contributed by atoms with Gasteiger partial charge in [0, 0.05) is 10.8 Å². The van der Waals surface area contributed by atoms with E-state index >= 15 is 0 Å². The van der Waals surface area contributed by atoms with Crippen molar-refractivity contribution in [2.24, 2.45) is 0 Å². The average molecular weight is 480 g/mol. The van der Waals surface area contributed by atoms with Crippen molar-refractivity contribution in [3.63, 3.8) is 0 Å². The monoisotopic (exact) mass is 479 g/mol. The number of aliphatic hydroxyl groups is 1. The first kappa shape index (κ1) is 24.4. The fraction of sp³-hybridized carbons (Fsp3) is 0.273. The Morgan fingerprint density at radius 1 is 0.667 bits per heavy atom. The maximum Gasteiger partial charge on any atom is 0.123 e. The molecule has 36 heavy (non-hydrogen) atoms. The van der Waals surface area contributed by atoms with Gasteiger partial charge in [0.1, 0.15) is 5.82 Å². The number of benzene rings is 4. The minimum Gasteiger partial charge on any atom is -0.395 e. The zero-order chi connectivity index (χ0) is 24.8. The molecule has 5 rings (SSSR count). The minimum absolute atomic E-state index is 0.0917. The van der Waals surface area contributed by atoms with Crippen LogP contribution in [0.3, 0.4) is 0 Å². The Balaban J connectivity index is 1.43. The molecule has 4 aromatic rings. The molecule has 0 unspecified atom stereocenters. The number of hydrogen-bond donors (Lipinski definition) is 1. The zero-order valence-electron chi connectivity index (χ0n) is 20.7. The van der Waals surface area contributed by atoms with Crippen molar-refractivity contribution in [2.45, 2.75) is 30.1 Å². The van der Waals surface area contributed by atoms with Crippen LogP contribution in [-0.4, -0.2) is 36.2 Å². The SMILES string of the molecule is OCC1(c2ccc(F)cc2)CCN(CCC(c2ccccc2)(c2ccccc2)c2ccccc2)CC1. The van der Waals surface area contributed by atoms with E-state index in [1.54, 1.807) is 0 Å². The molecule has 0 atom stereocenters. The molecular weight excluding hydrogens is 445 g/mol. The van der Waals surface area contributed by atoms with Crippen LogP contribution < -0.4 is 0 Å². The van der Waals surface area contributed by atoms with Gasteiger partial charge in [0.15, 0.2) is 0 Å². The predicted octanol–water partition coefficient (Wildman–Crippen LogP) is 6.58. The average Bonchev–Trinajstić information content (AvgIpc) is 2.96. The summed E-state index contributed by atoms with van der Waals surface area (Å²) in [4.78, 5) is 2.53. The summed E-state index contributed by atoms with van der Waals surface area (Å²) in [6.07, 6.45) is 2.68.